The highest BCUT2D eigenvalue weighted by Gasteiger charge is 2.40. The summed E-state index contributed by atoms with van der Waals surface area (Å²) in [5.74, 6) is 0.569. The highest BCUT2D eigenvalue weighted by atomic mass is 28.4. The van der Waals surface area contributed by atoms with Crippen LogP contribution >= 0.6 is 0 Å². The number of aromatic amines is 1. The number of fused-ring (bicyclic) bond motifs is 1. The van der Waals surface area contributed by atoms with E-state index in [1.54, 1.807) is 11.0 Å². The van der Waals surface area contributed by atoms with E-state index in [0.29, 0.717) is 30.8 Å². The average Bonchev–Trinajstić information content (AvgIpc) is 2.91. The lowest BCUT2D eigenvalue weighted by Crippen LogP contribution is -2.46. The van der Waals surface area contributed by atoms with Crippen LogP contribution in [0.5, 0.6) is 5.75 Å². The number of hydrogen-bond acceptors (Lipinski definition) is 6. The van der Waals surface area contributed by atoms with Gasteiger partial charge in [-0.25, -0.2) is 4.79 Å². The van der Waals surface area contributed by atoms with Crippen LogP contribution < -0.4 is 10.3 Å². The van der Waals surface area contributed by atoms with Gasteiger partial charge in [-0.3, -0.25) is 4.79 Å². The minimum Gasteiger partial charge on any atom is -0.487 e. The van der Waals surface area contributed by atoms with Crippen molar-refractivity contribution in [2.75, 3.05) is 19.7 Å². The average molecular weight is 611 g/mol. The molecule has 1 atom stereocenters. The first kappa shape index (κ1) is 34.3. The van der Waals surface area contributed by atoms with Crippen LogP contribution in [0, 0.1) is 0 Å². The van der Waals surface area contributed by atoms with Gasteiger partial charge >= 0.3 is 6.09 Å². The van der Waals surface area contributed by atoms with E-state index < -0.39 is 26.1 Å². The number of nitrogens with one attached hydrogen (secondary N) is 1. The Morgan fingerprint density at radius 1 is 0.953 bits per heavy atom. The molecule has 0 radical (unpaired) electrons. The number of hydrogen-bond donors (Lipinski definition) is 2. The van der Waals surface area contributed by atoms with E-state index in [1.807, 2.05) is 63.2 Å². The number of unbranched alkanes of at least 4 members (excludes halogenated alkanes) is 2. The molecule has 9 heteroatoms. The third-order valence-corrected chi connectivity index (χ3v) is 12.3. The first-order valence-corrected chi connectivity index (χ1v) is 18.1. The second-order valence-electron chi connectivity index (χ2n) is 13.6. The summed E-state index contributed by atoms with van der Waals surface area (Å²) >= 11 is 0. The number of aliphatic hydroxyl groups excluding tert-OH is 1. The molecule has 2 N–H and O–H groups in total. The van der Waals surface area contributed by atoms with Gasteiger partial charge in [0.1, 0.15) is 18.0 Å². The van der Waals surface area contributed by atoms with Crippen molar-refractivity contribution in [1.82, 2.24) is 9.88 Å². The van der Waals surface area contributed by atoms with Crippen LogP contribution in [0.2, 0.25) is 18.1 Å². The molecule has 1 aromatic heterocycles. The lowest BCUT2D eigenvalue weighted by molar-refractivity contribution is 0.0153. The summed E-state index contributed by atoms with van der Waals surface area (Å²) < 4.78 is 19.1. The van der Waals surface area contributed by atoms with Gasteiger partial charge in [0.05, 0.1) is 18.2 Å². The van der Waals surface area contributed by atoms with Crippen molar-refractivity contribution in [2.45, 2.75) is 97.2 Å². The highest BCUT2D eigenvalue weighted by molar-refractivity contribution is 6.74. The Bertz CT molecular complexity index is 1390. The first-order valence-electron chi connectivity index (χ1n) is 15.2. The van der Waals surface area contributed by atoms with Crippen LogP contribution in [0.25, 0.3) is 10.9 Å². The molecule has 3 aromatic rings. The lowest BCUT2D eigenvalue weighted by Gasteiger charge is -2.41. The van der Waals surface area contributed by atoms with Crippen LogP contribution in [0.4, 0.5) is 4.79 Å². The van der Waals surface area contributed by atoms with E-state index in [0.717, 1.165) is 29.4 Å². The summed E-state index contributed by atoms with van der Waals surface area (Å²) in [7, 11) is -2.33. The third kappa shape index (κ3) is 9.94. The molecule has 8 nitrogen and oxygen atoms in total. The number of nitrogens with zero attached hydrogens (tertiary/aromatic N) is 1. The van der Waals surface area contributed by atoms with Gasteiger partial charge in [0.15, 0.2) is 8.32 Å². The Morgan fingerprint density at radius 2 is 1.65 bits per heavy atom. The molecule has 1 heterocycles. The zero-order valence-electron chi connectivity index (χ0n) is 27.2. The second kappa shape index (κ2) is 14.6. The molecule has 0 spiro atoms. The number of ether oxygens (including phenoxy) is 2. The van der Waals surface area contributed by atoms with Gasteiger partial charge in [-0.15, -0.1) is 0 Å². The van der Waals surface area contributed by atoms with Crippen molar-refractivity contribution in [3.05, 3.63) is 76.1 Å². The molecule has 43 heavy (non-hydrogen) atoms. The van der Waals surface area contributed by atoms with Gasteiger partial charge in [-0.05, 0) is 81.4 Å². The van der Waals surface area contributed by atoms with Crippen molar-refractivity contribution < 1.29 is 23.8 Å². The Hall–Kier alpha value is -3.14. The van der Waals surface area contributed by atoms with Crippen LogP contribution in [-0.4, -0.2) is 54.7 Å². The Morgan fingerprint density at radius 3 is 2.28 bits per heavy atom. The number of carbonyl (C=O) groups is 1. The Kier molecular flexibility index (Phi) is 11.6. The van der Waals surface area contributed by atoms with Crippen molar-refractivity contribution >= 4 is 25.3 Å². The largest absolute Gasteiger partial charge is 0.487 e. The Labute approximate surface area is 257 Å². The molecule has 0 saturated carbocycles. The standard InChI is InChI=1S/C34H50N2O6Si/c1-33(2,3)41-32(39)36(21-13-10-14-22-37)23-29(42-43(7,8)34(4,5)6)26-17-19-28(31-27(26)18-20-30(38)35-31)40-24-25-15-11-9-12-16-25/h9,11-12,15-20,29,37H,10,13-14,21-24H2,1-8H3,(H,35,38)/t29-/m0/s1. The number of amides is 1. The number of aromatic nitrogens is 1. The maximum atomic E-state index is 13.5. The van der Waals surface area contributed by atoms with Gasteiger partial charge in [0.2, 0.25) is 5.56 Å². The minimum absolute atomic E-state index is 0.0774. The molecule has 0 saturated heterocycles. The fraction of sp³-hybridized carbons (Fsp3) is 0.529. The van der Waals surface area contributed by atoms with Gasteiger partial charge in [0.25, 0.3) is 0 Å². The predicted octanol–water partition coefficient (Wildman–Crippen LogP) is 7.57. The van der Waals surface area contributed by atoms with Crippen LogP contribution in [-0.2, 0) is 15.8 Å². The van der Waals surface area contributed by atoms with Crippen molar-refractivity contribution in [3.8, 4) is 5.75 Å². The number of pyridine rings is 1. The van der Waals surface area contributed by atoms with Gasteiger partial charge < -0.3 is 28.9 Å². The van der Waals surface area contributed by atoms with Crippen molar-refractivity contribution in [3.63, 3.8) is 0 Å². The third-order valence-electron chi connectivity index (χ3n) is 7.84. The van der Waals surface area contributed by atoms with Crippen LogP contribution in [0.15, 0.2) is 59.4 Å². The van der Waals surface area contributed by atoms with E-state index in [1.165, 1.54) is 6.07 Å². The summed E-state index contributed by atoms with van der Waals surface area (Å²) in [6.07, 6.45) is 1.31. The summed E-state index contributed by atoms with van der Waals surface area (Å²) in [5.41, 5.74) is 1.60. The van der Waals surface area contributed by atoms with E-state index >= 15 is 0 Å². The summed E-state index contributed by atoms with van der Waals surface area (Å²) in [5, 5.41) is 10.0. The molecule has 0 bridgehead atoms. The van der Waals surface area contributed by atoms with Gasteiger partial charge in [-0.2, -0.15) is 0 Å². The van der Waals surface area contributed by atoms with E-state index in [9.17, 15) is 14.7 Å². The number of H-pyrrole nitrogens is 1. The molecular formula is C34H50N2O6Si. The second-order valence-corrected chi connectivity index (χ2v) is 18.4. The molecule has 0 fully saturated rings. The summed E-state index contributed by atoms with van der Waals surface area (Å²) in [6, 6.07) is 17.0. The predicted molar refractivity (Wildman–Crippen MR) is 175 cm³/mol. The monoisotopic (exact) mass is 610 g/mol. The summed E-state index contributed by atoms with van der Waals surface area (Å²) in [6.45, 7) is 17.7. The van der Waals surface area contributed by atoms with Gasteiger partial charge in [-0.1, -0.05) is 57.2 Å². The zero-order valence-corrected chi connectivity index (χ0v) is 28.2. The van der Waals surface area contributed by atoms with Gasteiger partial charge in [0, 0.05) is 24.6 Å². The summed E-state index contributed by atoms with van der Waals surface area (Å²) in [4.78, 5) is 30.7. The first-order chi connectivity index (χ1) is 20.1. The number of aliphatic hydroxyl groups is 1. The maximum absolute atomic E-state index is 13.5. The molecule has 0 aliphatic rings. The van der Waals surface area contributed by atoms with Crippen molar-refractivity contribution in [2.24, 2.45) is 0 Å². The molecule has 3 rings (SSSR count). The molecule has 236 valence electrons. The fourth-order valence-electron chi connectivity index (χ4n) is 4.49. The van der Waals surface area contributed by atoms with Crippen LogP contribution in [0.1, 0.15) is 78.0 Å². The molecular weight excluding hydrogens is 560 g/mol. The smallest absolute Gasteiger partial charge is 0.410 e. The topological polar surface area (TPSA) is 101 Å². The Balaban J connectivity index is 2.07. The number of carbonyl (C=O) groups excluding carboxylic acids is 1. The molecule has 2 aromatic carbocycles. The molecule has 0 unspecified atom stereocenters. The number of benzene rings is 2. The van der Waals surface area contributed by atoms with Crippen molar-refractivity contribution in [1.29, 1.82) is 0 Å². The minimum atomic E-state index is -2.33. The molecule has 1 amide bonds. The molecule has 0 aliphatic carbocycles. The highest BCUT2D eigenvalue weighted by Crippen LogP contribution is 2.42. The normalized spacial score (nSPS) is 13.1. The van der Waals surface area contributed by atoms with Crippen LogP contribution in [0.3, 0.4) is 0 Å². The maximum Gasteiger partial charge on any atom is 0.410 e. The zero-order chi connectivity index (χ0) is 31.8. The van der Waals surface area contributed by atoms with E-state index in [4.69, 9.17) is 13.9 Å². The van der Waals surface area contributed by atoms with E-state index in [2.05, 4.69) is 38.8 Å². The quantitative estimate of drug-likeness (QED) is 0.153. The number of rotatable bonds is 13. The fourth-order valence-corrected chi connectivity index (χ4v) is 5.76. The lowest BCUT2D eigenvalue weighted by atomic mass is 10.0. The SMILES string of the molecule is CC(C)(C)OC(=O)N(CCCCCO)C[C@H](O[Si](C)(C)C(C)(C)C)c1ccc(OCc2ccccc2)c2[nH]c(=O)ccc12. The molecule has 0 aliphatic heterocycles. The van der Waals surface area contributed by atoms with E-state index in [-0.39, 0.29) is 23.7 Å².